The highest BCUT2D eigenvalue weighted by molar-refractivity contribution is 5.89. The highest BCUT2D eigenvalue weighted by atomic mass is 19.1. The lowest BCUT2D eigenvalue weighted by molar-refractivity contribution is -0.121. The Balaban J connectivity index is 1.37. The first-order valence-electron chi connectivity index (χ1n) is 12.1. The van der Waals surface area contributed by atoms with E-state index in [9.17, 15) is 18.0 Å². The smallest absolute Gasteiger partial charge is 0.225 e. The van der Waals surface area contributed by atoms with Gasteiger partial charge in [-0.3, -0.25) is 9.78 Å². The number of nitrogens with zero attached hydrogens (tertiary/aromatic N) is 3. The first kappa shape index (κ1) is 24.4. The summed E-state index contributed by atoms with van der Waals surface area (Å²) in [7, 11) is 0. The van der Waals surface area contributed by atoms with Crippen LogP contribution in [0.1, 0.15) is 22.9 Å². The molecule has 6 rings (SSSR count). The molecule has 0 aliphatic heterocycles. The Morgan fingerprint density at radius 2 is 1.74 bits per heavy atom. The van der Waals surface area contributed by atoms with E-state index >= 15 is 0 Å². The fraction of sp³-hybridized carbons (Fsp3) is 0.103. The highest BCUT2D eigenvalue weighted by Gasteiger charge is 2.22. The number of carbonyl (C=O) groups is 1. The van der Waals surface area contributed by atoms with Gasteiger partial charge in [0.2, 0.25) is 5.91 Å². The maximum absolute atomic E-state index is 14.0. The molecule has 1 unspecified atom stereocenters. The molecule has 0 saturated carbocycles. The van der Waals surface area contributed by atoms with Gasteiger partial charge in [-0.1, -0.05) is 12.1 Å². The van der Waals surface area contributed by atoms with Crippen molar-refractivity contribution in [1.29, 1.82) is 0 Å². The predicted molar refractivity (Wildman–Crippen MR) is 138 cm³/mol. The Labute approximate surface area is 219 Å². The molecule has 0 fully saturated rings. The second kappa shape index (κ2) is 10.1. The molecule has 6 aromatic rings. The van der Waals surface area contributed by atoms with Crippen LogP contribution >= 0.6 is 0 Å². The molecule has 7 nitrogen and oxygen atoms in total. The zero-order chi connectivity index (χ0) is 26.9. The van der Waals surface area contributed by atoms with Gasteiger partial charge in [0.05, 0.1) is 18.2 Å². The normalized spacial score (nSPS) is 12.2. The van der Waals surface area contributed by atoms with Crippen LogP contribution in [0.25, 0.3) is 33.1 Å². The van der Waals surface area contributed by atoms with Crippen LogP contribution in [-0.2, 0) is 17.6 Å². The van der Waals surface area contributed by atoms with Crippen LogP contribution in [0.4, 0.5) is 13.2 Å². The van der Waals surface area contributed by atoms with Crippen molar-refractivity contribution in [3.63, 3.8) is 0 Å². The van der Waals surface area contributed by atoms with E-state index in [0.717, 1.165) is 11.6 Å². The molecule has 194 valence electrons. The molecule has 0 saturated heterocycles. The van der Waals surface area contributed by atoms with Gasteiger partial charge in [0.25, 0.3) is 0 Å². The number of amides is 1. The Morgan fingerprint density at radius 1 is 0.923 bits per heavy atom. The molecule has 3 aromatic carbocycles. The quantitative estimate of drug-likeness (QED) is 0.273. The van der Waals surface area contributed by atoms with Crippen molar-refractivity contribution in [2.24, 2.45) is 0 Å². The number of aromatic nitrogens is 4. The number of aromatic amines is 1. The summed E-state index contributed by atoms with van der Waals surface area (Å²) in [5.41, 5.74) is 4.73. The number of rotatable bonds is 7. The van der Waals surface area contributed by atoms with Gasteiger partial charge >= 0.3 is 0 Å². The van der Waals surface area contributed by atoms with E-state index in [1.807, 2.05) is 12.1 Å². The fourth-order valence-electron chi connectivity index (χ4n) is 4.78. The molecule has 3 aromatic heterocycles. The van der Waals surface area contributed by atoms with E-state index in [-0.39, 0.29) is 18.7 Å². The van der Waals surface area contributed by atoms with Crippen LogP contribution in [0.3, 0.4) is 0 Å². The molecule has 3 heterocycles. The van der Waals surface area contributed by atoms with Gasteiger partial charge in [-0.25, -0.2) is 17.8 Å². The van der Waals surface area contributed by atoms with Crippen molar-refractivity contribution in [2.45, 2.75) is 18.9 Å². The first-order valence-corrected chi connectivity index (χ1v) is 12.1. The van der Waals surface area contributed by atoms with E-state index < -0.39 is 23.5 Å². The summed E-state index contributed by atoms with van der Waals surface area (Å²) in [6.07, 6.45) is 3.27. The molecule has 10 heteroatoms. The number of nitrogens with one attached hydrogen (secondary N) is 2. The standard InChI is InChI=1S/C29H20F3N5O2/c30-19-4-6-24-23(14-19)18(15-34-24)12-28(38)35-27(10-16-8-20(31)13-21(32)9-16)29-22(2-1-7-33-29)17-3-5-25-26(11-17)37-39-36-25/h1-9,11,13-15,27,34H,10,12H2,(H,35,38). The van der Waals surface area contributed by atoms with Crippen LogP contribution in [-0.4, -0.2) is 26.2 Å². The summed E-state index contributed by atoms with van der Waals surface area (Å²) in [6, 6.07) is 15.8. The van der Waals surface area contributed by atoms with Crippen molar-refractivity contribution >= 4 is 27.8 Å². The van der Waals surface area contributed by atoms with E-state index in [0.29, 0.717) is 44.3 Å². The maximum atomic E-state index is 14.0. The minimum Gasteiger partial charge on any atom is -0.361 e. The average Bonchev–Trinajstić information content (AvgIpc) is 3.54. The molecule has 2 N–H and O–H groups in total. The maximum Gasteiger partial charge on any atom is 0.225 e. The monoisotopic (exact) mass is 527 g/mol. The summed E-state index contributed by atoms with van der Waals surface area (Å²) < 4.78 is 46.7. The summed E-state index contributed by atoms with van der Waals surface area (Å²) in [4.78, 5) is 20.9. The number of halogens is 3. The van der Waals surface area contributed by atoms with E-state index in [1.54, 1.807) is 36.7 Å². The summed E-state index contributed by atoms with van der Waals surface area (Å²) >= 11 is 0. The van der Waals surface area contributed by atoms with Gasteiger partial charge in [-0.05, 0) is 82.0 Å². The Morgan fingerprint density at radius 3 is 2.59 bits per heavy atom. The number of pyridine rings is 1. The van der Waals surface area contributed by atoms with Crippen LogP contribution in [0.15, 0.2) is 83.8 Å². The number of H-pyrrole nitrogens is 1. The number of carbonyl (C=O) groups excluding carboxylic acids is 1. The second-order valence-corrected chi connectivity index (χ2v) is 9.19. The van der Waals surface area contributed by atoms with Crippen LogP contribution < -0.4 is 5.32 Å². The molecule has 0 aliphatic rings. The number of hydrogen-bond acceptors (Lipinski definition) is 5. The van der Waals surface area contributed by atoms with Crippen molar-refractivity contribution in [2.75, 3.05) is 0 Å². The molecule has 1 amide bonds. The zero-order valence-electron chi connectivity index (χ0n) is 20.3. The third-order valence-corrected chi connectivity index (χ3v) is 6.51. The van der Waals surface area contributed by atoms with Crippen LogP contribution in [0.5, 0.6) is 0 Å². The predicted octanol–water partition coefficient (Wildman–Crippen LogP) is 5.83. The van der Waals surface area contributed by atoms with Crippen LogP contribution in [0.2, 0.25) is 0 Å². The molecule has 0 aliphatic carbocycles. The topological polar surface area (TPSA) is 96.7 Å². The lowest BCUT2D eigenvalue weighted by atomic mass is 9.95. The minimum absolute atomic E-state index is 0.0454. The SMILES string of the molecule is O=C(Cc1c[nH]c2ccc(F)cc12)NC(Cc1cc(F)cc(F)c1)c1ncccc1-c1ccc2nonc2c1. The Hall–Kier alpha value is -4.99. The summed E-state index contributed by atoms with van der Waals surface area (Å²) in [5.74, 6) is -2.22. The molecule has 0 bridgehead atoms. The second-order valence-electron chi connectivity index (χ2n) is 9.19. The van der Waals surface area contributed by atoms with E-state index in [1.165, 1.54) is 24.3 Å². The van der Waals surface area contributed by atoms with Gasteiger partial charge in [0, 0.05) is 34.9 Å². The van der Waals surface area contributed by atoms with E-state index in [2.05, 4.69) is 25.6 Å². The van der Waals surface area contributed by atoms with Crippen molar-refractivity contribution in [3.8, 4) is 11.1 Å². The third kappa shape index (κ3) is 5.08. The van der Waals surface area contributed by atoms with Gasteiger partial charge < -0.3 is 10.3 Å². The largest absolute Gasteiger partial charge is 0.361 e. The fourth-order valence-corrected chi connectivity index (χ4v) is 4.78. The van der Waals surface area contributed by atoms with Gasteiger partial charge in [0.15, 0.2) is 0 Å². The van der Waals surface area contributed by atoms with Crippen molar-refractivity contribution in [3.05, 3.63) is 113 Å². The number of fused-ring (bicyclic) bond motifs is 2. The van der Waals surface area contributed by atoms with Crippen LogP contribution in [0, 0.1) is 17.5 Å². The summed E-state index contributed by atoms with van der Waals surface area (Å²) in [6.45, 7) is 0. The molecule has 1 atom stereocenters. The van der Waals surface area contributed by atoms with E-state index in [4.69, 9.17) is 4.63 Å². The van der Waals surface area contributed by atoms with Gasteiger partial charge in [-0.15, -0.1) is 0 Å². The Kier molecular flexibility index (Phi) is 6.28. The highest BCUT2D eigenvalue weighted by Crippen LogP contribution is 2.31. The lowest BCUT2D eigenvalue weighted by Gasteiger charge is -2.21. The minimum atomic E-state index is -0.747. The lowest BCUT2D eigenvalue weighted by Crippen LogP contribution is -2.32. The average molecular weight is 528 g/mol. The number of hydrogen-bond donors (Lipinski definition) is 2. The summed E-state index contributed by atoms with van der Waals surface area (Å²) in [5, 5.41) is 11.3. The third-order valence-electron chi connectivity index (χ3n) is 6.51. The Bertz CT molecular complexity index is 1810. The molecule has 0 spiro atoms. The zero-order valence-corrected chi connectivity index (χ0v) is 20.3. The van der Waals surface area contributed by atoms with Gasteiger partial charge in [-0.2, -0.15) is 0 Å². The molecule has 0 radical (unpaired) electrons. The first-order chi connectivity index (χ1) is 18.9. The molecule has 39 heavy (non-hydrogen) atoms. The molecular formula is C29H20F3N5O2. The van der Waals surface area contributed by atoms with Gasteiger partial charge in [0.1, 0.15) is 28.5 Å². The van der Waals surface area contributed by atoms with Crippen molar-refractivity contribution in [1.82, 2.24) is 25.6 Å². The van der Waals surface area contributed by atoms with Crippen molar-refractivity contribution < 1.29 is 22.6 Å². The molecular weight excluding hydrogens is 507 g/mol. The number of benzene rings is 3.